The third-order valence-corrected chi connectivity index (χ3v) is 3.63. The molecule has 112 valence electrons. The second kappa shape index (κ2) is 5.78. The van der Waals surface area contributed by atoms with Crippen molar-refractivity contribution in [1.82, 2.24) is 5.32 Å². The number of rotatable bonds is 6. The first-order chi connectivity index (χ1) is 9.88. The number of carbonyl (C=O) groups is 1. The van der Waals surface area contributed by atoms with Crippen LogP contribution in [0.15, 0.2) is 30.3 Å². The number of nitriles is 1. The zero-order chi connectivity index (χ0) is 15.5. The van der Waals surface area contributed by atoms with Crippen molar-refractivity contribution in [2.45, 2.75) is 43.2 Å². The Labute approximate surface area is 121 Å². The van der Waals surface area contributed by atoms with Crippen LogP contribution in [-0.4, -0.2) is 17.5 Å². The lowest BCUT2D eigenvalue weighted by Crippen LogP contribution is -2.46. The normalized spacial score (nSPS) is 17.6. The molecule has 1 fully saturated rings. The van der Waals surface area contributed by atoms with E-state index in [1.165, 1.54) is 12.1 Å². The molecule has 0 aromatic heterocycles. The molecular weight excluding hydrogens is 276 g/mol. The summed E-state index contributed by atoms with van der Waals surface area (Å²) < 4.78 is 27.9. The van der Waals surface area contributed by atoms with Crippen molar-refractivity contribution in [2.24, 2.45) is 5.73 Å². The van der Waals surface area contributed by atoms with Crippen molar-refractivity contribution < 1.29 is 13.6 Å². The molecule has 0 unspecified atom stereocenters. The van der Waals surface area contributed by atoms with Crippen LogP contribution in [0.4, 0.5) is 8.78 Å². The highest BCUT2D eigenvalue weighted by atomic mass is 19.3. The lowest BCUT2D eigenvalue weighted by Gasteiger charge is -2.20. The SMILES string of the molecule is N#CC1(NC(=O)[C@@H](N)CCC(F)(F)c2ccccc2)CC1. The number of nitrogens with two attached hydrogens (primary N) is 1. The fourth-order valence-corrected chi connectivity index (χ4v) is 2.01. The Bertz CT molecular complexity index is 550. The minimum Gasteiger partial charge on any atom is -0.336 e. The summed E-state index contributed by atoms with van der Waals surface area (Å²) in [6.07, 6.45) is 0.519. The van der Waals surface area contributed by atoms with Crippen molar-refractivity contribution >= 4 is 5.91 Å². The van der Waals surface area contributed by atoms with Gasteiger partial charge in [0.2, 0.25) is 5.91 Å². The van der Waals surface area contributed by atoms with Crippen molar-refractivity contribution in [3.05, 3.63) is 35.9 Å². The Balaban J connectivity index is 1.87. The van der Waals surface area contributed by atoms with E-state index >= 15 is 0 Å². The molecule has 1 aliphatic rings. The molecule has 0 heterocycles. The van der Waals surface area contributed by atoms with Gasteiger partial charge in [0.25, 0.3) is 5.92 Å². The van der Waals surface area contributed by atoms with Crippen molar-refractivity contribution in [1.29, 1.82) is 5.26 Å². The van der Waals surface area contributed by atoms with Crippen molar-refractivity contribution in [3.63, 3.8) is 0 Å². The summed E-state index contributed by atoms with van der Waals surface area (Å²) in [6, 6.07) is 8.40. The number of nitrogens with one attached hydrogen (secondary N) is 1. The van der Waals surface area contributed by atoms with Gasteiger partial charge in [0, 0.05) is 12.0 Å². The lowest BCUT2D eigenvalue weighted by atomic mass is 10.0. The number of benzene rings is 1. The number of amides is 1. The van der Waals surface area contributed by atoms with E-state index in [4.69, 9.17) is 11.0 Å². The summed E-state index contributed by atoms with van der Waals surface area (Å²) in [5, 5.41) is 11.4. The van der Waals surface area contributed by atoms with Crippen LogP contribution < -0.4 is 11.1 Å². The van der Waals surface area contributed by atoms with Gasteiger partial charge in [-0.3, -0.25) is 4.79 Å². The third-order valence-electron chi connectivity index (χ3n) is 3.63. The largest absolute Gasteiger partial charge is 0.336 e. The van der Waals surface area contributed by atoms with Gasteiger partial charge in [0.05, 0.1) is 12.1 Å². The van der Waals surface area contributed by atoms with Crippen LogP contribution >= 0.6 is 0 Å². The molecule has 0 saturated heterocycles. The summed E-state index contributed by atoms with van der Waals surface area (Å²) >= 11 is 0. The number of alkyl halides is 2. The molecule has 2 rings (SSSR count). The first-order valence-electron chi connectivity index (χ1n) is 6.81. The van der Waals surface area contributed by atoms with E-state index in [1.54, 1.807) is 18.2 Å². The fourth-order valence-electron chi connectivity index (χ4n) is 2.01. The van der Waals surface area contributed by atoms with E-state index in [2.05, 4.69) is 5.32 Å². The Hall–Kier alpha value is -2.00. The molecular formula is C15H17F2N3O. The van der Waals surface area contributed by atoms with Gasteiger partial charge in [0.15, 0.2) is 0 Å². The molecule has 1 aromatic rings. The van der Waals surface area contributed by atoms with Crippen LogP contribution in [0.5, 0.6) is 0 Å². The Morgan fingerprint density at radius 3 is 2.57 bits per heavy atom. The van der Waals surface area contributed by atoms with Crippen molar-refractivity contribution in [2.75, 3.05) is 0 Å². The first kappa shape index (κ1) is 15.4. The molecule has 1 amide bonds. The molecule has 0 bridgehead atoms. The molecule has 6 heteroatoms. The molecule has 3 N–H and O–H groups in total. The van der Waals surface area contributed by atoms with E-state index in [0.717, 1.165) is 0 Å². The topological polar surface area (TPSA) is 78.9 Å². The van der Waals surface area contributed by atoms with Crippen LogP contribution in [0.3, 0.4) is 0 Å². The fraction of sp³-hybridized carbons (Fsp3) is 0.467. The molecule has 0 radical (unpaired) electrons. The maximum absolute atomic E-state index is 14.0. The van der Waals surface area contributed by atoms with Gasteiger partial charge in [-0.1, -0.05) is 30.3 Å². The molecule has 1 saturated carbocycles. The maximum atomic E-state index is 14.0. The van der Waals surface area contributed by atoms with E-state index in [0.29, 0.717) is 12.8 Å². The van der Waals surface area contributed by atoms with Crippen molar-refractivity contribution in [3.8, 4) is 6.07 Å². The predicted molar refractivity (Wildman–Crippen MR) is 73.3 cm³/mol. The second-order valence-corrected chi connectivity index (χ2v) is 5.40. The molecule has 0 spiro atoms. The van der Waals surface area contributed by atoms with Crippen LogP contribution in [0.25, 0.3) is 0 Å². The Kier molecular flexibility index (Phi) is 4.24. The monoisotopic (exact) mass is 293 g/mol. The zero-order valence-corrected chi connectivity index (χ0v) is 11.5. The average molecular weight is 293 g/mol. The molecule has 1 aliphatic carbocycles. The van der Waals surface area contributed by atoms with Gasteiger partial charge >= 0.3 is 0 Å². The number of hydrogen-bond acceptors (Lipinski definition) is 3. The van der Waals surface area contributed by atoms with Gasteiger partial charge < -0.3 is 11.1 Å². The molecule has 4 nitrogen and oxygen atoms in total. The quantitative estimate of drug-likeness (QED) is 0.842. The lowest BCUT2D eigenvalue weighted by molar-refractivity contribution is -0.123. The maximum Gasteiger partial charge on any atom is 0.273 e. The average Bonchev–Trinajstić information content (AvgIpc) is 3.26. The summed E-state index contributed by atoms with van der Waals surface area (Å²) in [5.41, 5.74) is 4.73. The van der Waals surface area contributed by atoms with E-state index in [-0.39, 0.29) is 12.0 Å². The Morgan fingerprint density at radius 2 is 2.05 bits per heavy atom. The van der Waals surface area contributed by atoms with Crippen LogP contribution in [0, 0.1) is 11.3 Å². The van der Waals surface area contributed by atoms with Gasteiger partial charge in [-0.2, -0.15) is 5.26 Å². The standard InChI is InChI=1S/C15H17F2N3O/c16-15(17,11-4-2-1-3-5-11)7-6-12(19)13(21)20-14(10-18)8-9-14/h1-5,12H,6-9,19H2,(H,20,21)/t12-/m0/s1. The highest BCUT2D eigenvalue weighted by Crippen LogP contribution is 2.35. The van der Waals surface area contributed by atoms with E-state index < -0.39 is 29.8 Å². The number of carbonyl (C=O) groups excluding carboxylic acids is 1. The molecule has 1 atom stereocenters. The summed E-state index contributed by atoms with van der Waals surface area (Å²) in [7, 11) is 0. The number of nitrogens with zero attached hydrogens (tertiary/aromatic N) is 1. The summed E-state index contributed by atoms with van der Waals surface area (Å²) in [5.74, 6) is -3.57. The van der Waals surface area contributed by atoms with Crippen LogP contribution in [-0.2, 0) is 10.7 Å². The molecule has 0 aliphatic heterocycles. The number of halogens is 2. The second-order valence-electron chi connectivity index (χ2n) is 5.40. The van der Waals surface area contributed by atoms with E-state index in [1.807, 2.05) is 6.07 Å². The highest BCUT2D eigenvalue weighted by molar-refractivity contribution is 5.83. The predicted octanol–water partition coefficient (Wildman–Crippen LogP) is 2.06. The minimum atomic E-state index is -3.02. The van der Waals surface area contributed by atoms with Gasteiger partial charge in [-0.05, 0) is 19.3 Å². The van der Waals surface area contributed by atoms with Gasteiger partial charge in [-0.25, -0.2) is 8.78 Å². The summed E-state index contributed by atoms with van der Waals surface area (Å²) in [4.78, 5) is 11.8. The Morgan fingerprint density at radius 1 is 1.43 bits per heavy atom. The molecule has 21 heavy (non-hydrogen) atoms. The van der Waals surface area contributed by atoms with Gasteiger partial charge in [0.1, 0.15) is 5.54 Å². The number of hydrogen-bond donors (Lipinski definition) is 2. The van der Waals surface area contributed by atoms with E-state index in [9.17, 15) is 13.6 Å². The first-order valence-corrected chi connectivity index (χ1v) is 6.81. The van der Waals surface area contributed by atoms with Crippen LogP contribution in [0.2, 0.25) is 0 Å². The zero-order valence-electron chi connectivity index (χ0n) is 11.5. The van der Waals surface area contributed by atoms with Gasteiger partial charge in [-0.15, -0.1) is 0 Å². The smallest absolute Gasteiger partial charge is 0.273 e. The third kappa shape index (κ3) is 3.76. The molecule has 1 aromatic carbocycles. The van der Waals surface area contributed by atoms with Crippen LogP contribution in [0.1, 0.15) is 31.2 Å². The highest BCUT2D eigenvalue weighted by Gasteiger charge is 2.45. The minimum absolute atomic E-state index is 0.0895. The summed E-state index contributed by atoms with van der Waals surface area (Å²) in [6.45, 7) is 0.